The molecule has 0 saturated carbocycles. The van der Waals surface area contributed by atoms with E-state index in [-0.39, 0.29) is 29.9 Å². The minimum atomic E-state index is -0.353. The fourth-order valence-electron chi connectivity index (χ4n) is 3.36. The Balaban J connectivity index is 1.45. The Hall–Kier alpha value is -2.96. The summed E-state index contributed by atoms with van der Waals surface area (Å²) in [7, 11) is 0. The number of piperazine rings is 1. The van der Waals surface area contributed by atoms with E-state index in [0.29, 0.717) is 42.5 Å². The third-order valence-corrected chi connectivity index (χ3v) is 5.94. The van der Waals surface area contributed by atoms with Crippen molar-refractivity contribution in [2.75, 3.05) is 43.8 Å². The largest absolute Gasteiger partial charge is 0.339 e. The lowest BCUT2D eigenvalue weighted by atomic mass is 10.1. The van der Waals surface area contributed by atoms with E-state index in [4.69, 9.17) is 0 Å². The van der Waals surface area contributed by atoms with E-state index in [2.05, 4.69) is 16.4 Å². The lowest BCUT2D eigenvalue weighted by Crippen LogP contribution is -2.50. The number of amides is 2. The van der Waals surface area contributed by atoms with Gasteiger partial charge in [-0.15, -0.1) is 0 Å². The van der Waals surface area contributed by atoms with Crippen LogP contribution in [0.5, 0.6) is 0 Å². The van der Waals surface area contributed by atoms with Crippen molar-refractivity contribution in [3.63, 3.8) is 0 Å². The number of aryl methyl sites for hydroxylation is 2. The van der Waals surface area contributed by atoms with Gasteiger partial charge in [-0.2, -0.15) is 5.26 Å². The van der Waals surface area contributed by atoms with Gasteiger partial charge in [0.2, 0.25) is 11.8 Å². The Bertz CT molecular complexity index is 998. The highest BCUT2D eigenvalue weighted by Crippen LogP contribution is 2.24. The molecule has 0 atom stereocenters. The molecule has 7 nitrogen and oxygen atoms in total. The van der Waals surface area contributed by atoms with Gasteiger partial charge < -0.3 is 10.2 Å². The van der Waals surface area contributed by atoms with Crippen molar-refractivity contribution in [3.8, 4) is 6.07 Å². The number of nitrogens with zero attached hydrogens (tertiary/aromatic N) is 4. The maximum Gasteiger partial charge on any atom is 0.238 e. The monoisotopic (exact) mass is 441 g/mol. The zero-order chi connectivity index (χ0) is 22.4. The van der Waals surface area contributed by atoms with Crippen LogP contribution in [0.3, 0.4) is 0 Å². The summed E-state index contributed by atoms with van der Waals surface area (Å²) in [6, 6.07) is 9.65. The average Bonchev–Trinajstić information content (AvgIpc) is 2.74. The minimum Gasteiger partial charge on any atom is -0.339 e. The first-order valence-electron chi connectivity index (χ1n) is 9.92. The van der Waals surface area contributed by atoms with E-state index in [9.17, 15) is 19.2 Å². The predicted molar refractivity (Wildman–Crippen MR) is 117 cm³/mol. The van der Waals surface area contributed by atoms with Crippen LogP contribution in [0.2, 0.25) is 0 Å². The summed E-state index contributed by atoms with van der Waals surface area (Å²) in [5, 5.41) is 12.7. The summed E-state index contributed by atoms with van der Waals surface area (Å²) in [6.07, 6.45) is 0. The number of nitrogens with one attached hydrogen (secondary N) is 1. The highest BCUT2D eigenvalue weighted by molar-refractivity contribution is 8.00. The van der Waals surface area contributed by atoms with Crippen LogP contribution in [0.1, 0.15) is 16.8 Å². The van der Waals surface area contributed by atoms with E-state index in [1.54, 1.807) is 4.90 Å². The van der Waals surface area contributed by atoms with Crippen molar-refractivity contribution in [3.05, 3.63) is 53.0 Å². The molecular formula is C22H24FN5O2S. The maximum absolute atomic E-state index is 13.0. The van der Waals surface area contributed by atoms with Crippen LogP contribution in [-0.2, 0) is 9.59 Å². The number of hydrogen-bond donors (Lipinski definition) is 1. The number of rotatable bonds is 6. The van der Waals surface area contributed by atoms with Gasteiger partial charge >= 0.3 is 0 Å². The number of halogens is 1. The van der Waals surface area contributed by atoms with E-state index < -0.39 is 0 Å². The Morgan fingerprint density at radius 1 is 1.19 bits per heavy atom. The van der Waals surface area contributed by atoms with Crippen LogP contribution < -0.4 is 5.32 Å². The molecule has 1 aromatic heterocycles. The summed E-state index contributed by atoms with van der Waals surface area (Å²) in [6.45, 7) is 6.21. The fraction of sp³-hybridized carbons (Fsp3) is 0.364. The number of hydrogen-bond acceptors (Lipinski definition) is 6. The van der Waals surface area contributed by atoms with Gasteiger partial charge in [0.1, 0.15) is 16.9 Å². The smallest absolute Gasteiger partial charge is 0.238 e. The molecule has 0 unspecified atom stereocenters. The molecule has 1 N–H and O–H groups in total. The lowest BCUT2D eigenvalue weighted by Gasteiger charge is -2.34. The zero-order valence-electron chi connectivity index (χ0n) is 17.5. The van der Waals surface area contributed by atoms with Gasteiger partial charge in [-0.1, -0.05) is 11.8 Å². The van der Waals surface area contributed by atoms with Crippen molar-refractivity contribution >= 4 is 29.3 Å². The molecule has 31 heavy (non-hydrogen) atoms. The van der Waals surface area contributed by atoms with Gasteiger partial charge in [-0.05, 0) is 49.7 Å². The molecule has 0 spiro atoms. The summed E-state index contributed by atoms with van der Waals surface area (Å²) < 4.78 is 13.0. The first-order chi connectivity index (χ1) is 14.9. The SMILES string of the molecule is Cc1cc(C)c(C#N)c(SCC(=O)N2CCN(CC(=O)Nc3ccc(F)cc3)CC2)n1. The second-order valence-electron chi connectivity index (χ2n) is 7.37. The molecule has 1 aliphatic rings. The summed E-state index contributed by atoms with van der Waals surface area (Å²) in [5.41, 5.74) is 2.74. The van der Waals surface area contributed by atoms with Crippen molar-refractivity contribution in [2.45, 2.75) is 18.9 Å². The lowest BCUT2D eigenvalue weighted by molar-refractivity contribution is -0.130. The highest BCUT2D eigenvalue weighted by atomic mass is 32.2. The van der Waals surface area contributed by atoms with Crippen LogP contribution in [0.15, 0.2) is 35.4 Å². The number of pyridine rings is 1. The normalized spacial score (nSPS) is 14.2. The number of aromatic nitrogens is 1. The number of anilines is 1. The van der Waals surface area contributed by atoms with Gasteiger partial charge in [0.05, 0.1) is 17.9 Å². The Labute approximate surface area is 185 Å². The number of benzene rings is 1. The summed E-state index contributed by atoms with van der Waals surface area (Å²) in [5.74, 6) is -0.318. The van der Waals surface area contributed by atoms with E-state index in [0.717, 1.165) is 11.3 Å². The molecule has 1 aromatic carbocycles. The third kappa shape index (κ3) is 6.26. The van der Waals surface area contributed by atoms with Gasteiger partial charge in [0.15, 0.2) is 0 Å². The quantitative estimate of drug-likeness (QED) is 0.693. The second kappa shape index (κ2) is 10.4. The molecule has 1 fully saturated rings. The Morgan fingerprint density at radius 2 is 1.87 bits per heavy atom. The molecule has 2 heterocycles. The number of thioether (sulfide) groups is 1. The van der Waals surface area contributed by atoms with Crippen molar-refractivity contribution in [2.24, 2.45) is 0 Å². The first kappa shape index (κ1) is 22.7. The molecule has 3 rings (SSSR count). The molecule has 1 aliphatic heterocycles. The molecule has 0 aliphatic carbocycles. The van der Waals surface area contributed by atoms with Crippen molar-refractivity contribution in [1.29, 1.82) is 5.26 Å². The van der Waals surface area contributed by atoms with E-state index in [1.807, 2.05) is 24.8 Å². The molecule has 2 aromatic rings. The van der Waals surface area contributed by atoms with Crippen LogP contribution in [0.25, 0.3) is 0 Å². The standard InChI is InChI=1S/C22H24FN5O2S/c1-15-11-16(2)25-22(19(15)12-24)31-14-21(30)28-9-7-27(8-10-28)13-20(29)26-18-5-3-17(23)4-6-18/h3-6,11H,7-10,13-14H2,1-2H3,(H,26,29). The summed E-state index contributed by atoms with van der Waals surface area (Å²) in [4.78, 5) is 33.0. The highest BCUT2D eigenvalue weighted by Gasteiger charge is 2.23. The molecule has 1 saturated heterocycles. The fourth-order valence-corrected chi connectivity index (χ4v) is 4.36. The van der Waals surface area contributed by atoms with Crippen LogP contribution >= 0.6 is 11.8 Å². The molecule has 9 heteroatoms. The Kier molecular flexibility index (Phi) is 7.60. The molecule has 0 bridgehead atoms. The number of nitriles is 1. The number of carbonyl (C=O) groups is 2. The van der Waals surface area contributed by atoms with Crippen molar-refractivity contribution < 1.29 is 14.0 Å². The molecular weight excluding hydrogens is 417 g/mol. The van der Waals surface area contributed by atoms with Crippen LogP contribution in [0, 0.1) is 31.0 Å². The first-order valence-corrected chi connectivity index (χ1v) is 10.9. The van der Waals surface area contributed by atoms with Gasteiger partial charge in [0.25, 0.3) is 0 Å². The van der Waals surface area contributed by atoms with Crippen LogP contribution in [0.4, 0.5) is 10.1 Å². The van der Waals surface area contributed by atoms with Crippen LogP contribution in [-0.4, -0.2) is 65.1 Å². The second-order valence-corrected chi connectivity index (χ2v) is 8.34. The summed E-state index contributed by atoms with van der Waals surface area (Å²) >= 11 is 1.29. The van der Waals surface area contributed by atoms with E-state index >= 15 is 0 Å². The molecule has 2 amide bonds. The topological polar surface area (TPSA) is 89.3 Å². The zero-order valence-corrected chi connectivity index (χ0v) is 18.3. The van der Waals surface area contributed by atoms with Crippen molar-refractivity contribution in [1.82, 2.24) is 14.8 Å². The predicted octanol–water partition coefficient (Wildman–Crippen LogP) is 2.58. The van der Waals surface area contributed by atoms with Gasteiger partial charge in [-0.25, -0.2) is 9.37 Å². The minimum absolute atomic E-state index is 0.00902. The van der Waals surface area contributed by atoms with Gasteiger partial charge in [-0.3, -0.25) is 14.5 Å². The van der Waals surface area contributed by atoms with Gasteiger partial charge in [0, 0.05) is 37.6 Å². The van der Waals surface area contributed by atoms with E-state index in [1.165, 1.54) is 36.0 Å². The maximum atomic E-state index is 13.0. The third-order valence-electron chi connectivity index (χ3n) is 4.98. The Morgan fingerprint density at radius 3 is 2.52 bits per heavy atom. The average molecular weight is 442 g/mol. The molecule has 0 radical (unpaired) electrons. The molecule has 162 valence electrons. The number of carbonyl (C=O) groups excluding carboxylic acids is 2.